The zero-order valence-corrected chi connectivity index (χ0v) is 21.5. The van der Waals surface area contributed by atoms with Crippen molar-refractivity contribution >= 4 is 40.3 Å². The second-order valence-electron chi connectivity index (χ2n) is 8.47. The van der Waals surface area contributed by atoms with Crippen molar-refractivity contribution < 1.29 is 43.2 Å². The molecule has 4 aromatic carbocycles. The molecule has 0 spiro atoms. The average Bonchev–Trinajstić information content (AvgIpc) is 2.98. The number of carboxylic acid groups (broad SMARTS) is 1. The molecular formula is C30H25NO9. The number of anilines is 1. The van der Waals surface area contributed by atoms with Crippen LogP contribution in [0.25, 0.3) is 10.8 Å². The normalized spacial score (nSPS) is 12.1. The number of rotatable bonds is 10. The van der Waals surface area contributed by atoms with Crippen LogP contribution in [-0.2, 0) is 19.1 Å². The van der Waals surface area contributed by atoms with Crippen LogP contribution in [0.2, 0.25) is 0 Å². The Labute approximate surface area is 229 Å². The van der Waals surface area contributed by atoms with Crippen molar-refractivity contribution in [1.29, 1.82) is 0 Å². The van der Waals surface area contributed by atoms with Crippen LogP contribution in [0.4, 0.5) is 5.69 Å². The maximum atomic E-state index is 13.5. The Balaban J connectivity index is 1.68. The summed E-state index contributed by atoms with van der Waals surface area (Å²) in [5.41, 5.74) is 0.303. The van der Waals surface area contributed by atoms with Crippen LogP contribution >= 0.6 is 0 Å². The first-order chi connectivity index (χ1) is 19.3. The van der Waals surface area contributed by atoms with Gasteiger partial charge in [0.25, 0.3) is 5.91 Å². The highest BCUT2D eigenvalue weighted by Gasteiger charge is 2.41. The number of hydrogen-bond acceptors (Lipinski definition) is 8. The van der Waals surface area contributed by atoms with Gasteiger partial charge in [0.1, 0.15) is 11.5 Å². The number of fused-ring (bicyclic) bond motifs is 1. The van der Waals surface area contributed by atoms with Gasteiger partial charge in [0, 0.05) is 11.1 Å². The Kier molecular flexibility index (Phi) is 8.60. The maximum Gasteiger partial charge on any atom is 0.349 e. The van der Waals surface area contributed by atoms with Gasteiger partial charge in [-0.3, -0.25) is 4.79 Å². The summed E-state index contributed by atoms with van der Waals surface area (Å²) in [7, 11) is 2.81. The molecule has 204 valence electrons. The van der Waals surface area contributed by atoms with E-state index in [0.29, 0.717) is 22.6 Å². The number of aliphatic carboxylic acids is 1. The molecular weight excluding hydrogens is 518 g/mol. The van der Waals surface area contributed by atoms with Gasteiger partial charge < -0.3 is 29.4 Å². The van der Waals surface area contributed by atoms with Gasteiger partial charge in [0.15, 0.2) is 0 Å². The van der Waals surface area contributed by atoms with E-state index >= 15 is 0 Å². The second-order valence-corrected chi connectivity index (χ2v) is 8.47. The molecule has 0 aliphatic carbocycles. The van der Waals surface area contributed by atoms with Gasteiger partial charge in [0.05, 0.1) is 25.3 Å². The van der Waals surface area contributed by atoms with Crippen LogP contribution in [0.15, 0.2) is 91.0 Å². The standard InChI is InChI=1S/C30H25NO9/c1-37-21-12-5-10-19(16-21)29(35)39-25(27(32)31-24-15-7-9-18-8-3-4-14-23(18)24)26(28(33)34)40-30(36)20-11-6-13-22(17-20)38-2/h3-17,25-26H,1-2H3,(H,31,32)(H,33,34)/t25-,26+/m1/s1. The summed E-state index contributed by atoms with van der Waals surface area (Å²) in [6.45, 7) is 0. The summed E-state index contributed by atoms with van der Waals surface area (Å²) < 4.78 is 20.8. The lowest BCUT2D eigenvalue weighted by Gasteiger charge is -2.24. The molecule has 2 N–H and O–H groups in total. The summed E-state index contributed by atoms with van der Waals surface area (Å²) in [5.74, 6) is -4.14. The van der Waals surface area contributed by atoms with Gasteiger partial charge in [0.2, 0.25) is 12.2 Å². The lowest BCUT2D eigenvalue weighted by Crippen LogP contribution is -2.48. The first kappa shape index (κ1) is 27.6. The van der Waals surface area contributed by atoms with Crippen molar-refractivity contribution in [3.8, 4) is 11.5 Å². The maximum absolute atomic E-state index is 13.5. The van der Waals surface area contributed by atoms with Crippen LogP contribution < -0.4 is 14.8 Å². The summed E-state index contributed by atoms with van der Waals surface area (Å²) in [6, 6.07) is 24.1. The summed E-state index contributed by atoms with van der Waals surface area (Å²) in [4.78, 5) is 51.8. The van der Waals surface area contributed by atoms with Crippen molar-refractivity contribution in [2.75, 3.05) is 19.5 Å². The number of carboxylic acids is 1. The monoisotopic (exact) mass is 543 g/mol. The Morgan fingerprint density at radius 3 is 1.77 bits per heavy atom. The van der Waals surface area contributed by atoms with Crippen molar-refractivity contribution in [3.63, 3.8) is 0 Å². The number of amides is 1. The minimum absolute atomic E-state index is 0.00873. The van der Waals surface area contributed by atoms with Gasteiger partial charge in [-0.25, -0.2) is 14.4 Å². The molecule has 0 unspecified atom stereocenters. The molecule has 40 heavy (non-hydrogen) atoms. The van der Waals surface area contributed by atoms with Gasteiger partial charge in [-0.1, -0.05) is 48.5 Å². The van der Waals surface area contributed by atoms with E-state index in [0.717, 1.165) is 5.39 Å². The molecule has 1 amide bonds. The van der Waals surface area contributed by atoms with Crippen LogP contribution in [0, 0.1) is 0 Å². The highest BCUT2D eigenvalue weighted by Crippen LogP contribution is 2.25. The van der Waals surface area contributed by atoms with Gasteiger partial charge in [-0.2, -0.15) is 0 Å². The van der Waals surface area contributed by atoms with Crippen molar-refractivity contribution in [1.82, 2.24) is 0 Å². The smallest absolute Gasteiger partial charge is 0.349 e. The molecule has 10 heteroatoms. The molecule has 0 bridgehead atoms. The number of benzene rings is 4. The molecule has 0 aliphatic rings. The predicted molar refractivity (Wildman–Crippen MR) is 145 cm³/mol. The van der Waals surface area contributed by atoms with Crippen molar-refractivity contribution in [2.45, 2.75) is 12.2 Å². The third-order valence-corrected chi connectivity index (χ3v) is 5.90. The number of esters is 2. The minimum atomic E-state index is -2.19. The molecule has 0 radical (unpaired) electrons. The molecule has 2 atom stereocenters. The first-order valence-electron chi connectivity index (χ1n) is 12.0. The molecule has 4 aromatic rings. The lowest BCUT2D eigenvalue weighted by molar-refractivity contribution is -0.157. The van der Waals surface area contributed by atoms with E-state index in [9.17, 15) is 24.3 Å². The van der Waals surface area contributed by atoms with E-state index in [1.54, 1.807) is 36.4 Å². The third kappa shape index (κ3) is 6.36. The van der Waals surface area contributed by atoms with Crippen LogP contribution in [0.5, 0.6) is 11.5 Å². The van der Waals surface area contributed by atoms with E-state index in [-0.39, 0.29) is 11.1 Å². The molecule has 0 aromatic heterocycles. The van der Waals surface area contributed by atoms with E-state index in [2.05, 4.69) is 5.32 Å². The summed E-state index contributed by atoms with van der Waals surface area (Å²) in [5, 5.41) is 14.1. The molecule has 0 saturated heterocycles. The fourth-order valence-electron chi connectivity index (χ4n) is 3.90. The van der Waals surface area contributed by atoms with Crippen LogP contribution in [0.1, 0.15) is 20.7 Å². The minimum Gasteiger partial charge on any atom is -0.497 e. The molecule has 0 heterocycles. The fourth-order valence-corrected chi connectivity index (χ4v) is 3.90. The van der Waals surface area contributed by atoms with E-state index in [1.807, 2.05) is 18.2 Å². The van der Waals surface area contributed by atoms with Gasteiger partial charge in [-0.05, 0) is 47.9 Å². The molecule has 0 aliphatic heterocycles. The number of carbonyl (C=O) groups excluding carboxylic acids is 3. The van der Waals surface area contributed by atoms with E-state index in [4.69, 9.17) is 18.9 Å². The second kappa shape index (κ2) is 12.4. The summed E-state index contributed by atoms with van der Waals surface area (Å²) in [6.07, 6.45) is -4.26. The van der Waals surface area contributed by atoms with Crippen molar-refractivity contribution in [3.05, 3.63) is 102 Å². The zero-order valence-electron chi connectivity index (χ0n) is 21.5. The highest BCUT2D eigenvalue weighted by molar-refractivity contribution is 6.06. The Bertz CT molecular complexity index is 1560. The Hall–Kier alpha value is -5.38. The fraction of sp³-hybridized carbons (Fsp3) is 0.133. The Morgan fingerprint density at radius 1 is 0.675 bits per heavy atom. The third-order valence-electron chi connectivity index (χ3n) is 5.90. The van der Waals surface area contributed by atoms with Gasteiger partial charge >= 0.3 is 17.9 Å². The predicted octanol–water partition coefficient (Wildman–Crippen LogP) is 4.33. The Morgan fingerprint density at radius 2 is 1.20 bits per heavy atom. The quantitative estimate of drug-likeness (QED) is 0.280. The summed E-state index contributed by atoms with van der Waals surface area (Å²) >= 11 is 0. The topological polar surface area (TPSA) is 137 Å². The van der Waals surface area contributed by atoms with Gasteiger partial charge in [-0.15, -0.1) is 0 Å². The SMILES string of the molecule is COc1cccc(C(=O)O[C@H](C(=O)O)[C@@H](OC(=O)c2cccc(OC)c2)C(=O)Nc2cccc3ccccc23)c1. The van der Waals surface area contributed by atoms with Crippen molar-refractivity contribution in [2.24, 2.45) is 0 Å². The first-order valence-corrected chi connectivity index (χ1v) is 12.0. The average molecular weight is 544 g/mol. The molecule has 4 rings (SSSR count). The number of ether oxygens (including phenoxy) is 4. The zero-order chi connectivity index (χ0) is 28.6. The molecule has 0 fully saturated rings. The largest absolute Gasteiger partial charge is 0.497 e. The number of hydrogen-bond donors (Lipinski definition) is 2. The lowest BCUT2D eigenvalue weighted by atomic mass is 10.1. The number of nitrogens with one attached hydrogen (secondary N) is 1. The van der Waals surface area contributed by atoms with E-state index < -0.39 is 36.0 Å². The highest BCUT2D eigenvalue weighted by atomic mass is 16.6. The molecule has 10 nitrogen and oxygen atoms in total. The van der Waals surface area contributed by atoms with Crippen LogP contribution in [-0.4, -0.2) is 55.3 Å². The number of carbonyl (C=O) groups is 4. The van der Waals surface area contributed by atoms with Crippen LogP contribution in [0.3, 0.4) is 0 Å². The number of methoxy groups -OCH3 is 2. The molecule has 0 saturated carbocycles. The van der Waals surface area contributed by atoms with E-state index in [1.165, 1.54) is 50.6 Å².